The predicted octanol–water partition coefficient (Wildman–Crippen LogP) is 21.0. The third-order valence-corrected chi connectivity index (χ3v) is 18.3. The summed E-state index contributed by atoms with van der Waals surface area (Å²) in [7, 11) is 0. The quantitative estimate of drug-likeness (QED) is 0.173. The average Bonchev–Trinajstić information content (AvgIpc) is 4.27. The van der Waals surface area contributed by atoms with Crippen LogP contribution in [0, 0.1) is 0 Å². The molecule has 0 aliphatic heterocycles. The molecule has 0 fully saturated rings. The first-order chi connectivity index (χ1) is 39.5. The van der Waals surface area contributed by atoms with Gasteiger partial charge in [0.25, 0.3) is 0 Å². The molecule has 3 aliphatic carbocycles. The summed E-state index contributed by atoms with van der Waals surface area (Å²) in [6, 6.07) is 93.8. The SMILES string of the molecule is CC1(C)c2ccccc2-c2ccc(-c3cccc(-n4c5cccc6c5c5c7c(cccc7ccc54)-c4ccccc4-6)c3)cc21.c1ccc2c(c1)-c1cccc3ccc4c(c13)c1c-2cccc1n4-c1ccc2c(c1)oc1ccccc12. The van der Waals surface area contributed by atoms with Crippen molar-refractivity contribution in [3.63, 3.8) is 0 Å². The first-order valence-corrected chi connectivity index (χ1v) is 27.9. The summed E-state index contributed by atoms with van der Waals surface area (Å²) in [5.41, 5.74) is 27.5. The van der Waals surface area contributed by atoms with Crippen LogP contribution in [0.25, 0.3) is 165 Å². The Morgan fingerprint density at radius 2 is 0.738 bits per heavy atom. The van der Waals surface area contributed by atoms with Crippen LogP contribution in [0.5, 0.6) is 0 Å². The molecule has 0 N–H and O–H groups in total. The highest BCUT2D eigenvalue weighted by atomic mass is 16.3. The second-order valence-corrected chi connectivity index (χ2v) is 22.6. The number of para-hydroxylation sites is 1. The molecule has 80 heavy (non-hydrogen) atoms. The molecule has 372 valence electrons. The molecule has 13 aromatic carbocycles. The second-order valence-electron chi connectivity index (χ2n) is 22.6. The molecule has 0 saturated carbocycles. The Labute approximate surface area is 461 Å². The summed E-state index contributed by atoms with van der Waals surface area (Å²) in [4.78, 5) is 0. The van der Waals surface area contributed by atoms with E-state index in [0.29, 0.717) is 0 Å². The Morgan fingerprint density at radius 3 is 1.36 bits per heavy atom. The van der Waals surface area contributed by atoms with Gasteiger partial charge in [-0.25, -0.2) is 0 Å². The van der Waals surface area contributed by atoms with Gasteiger partial charge in [-0.15, -0.1) is 0 Å². The molecule has 3 aromatic heterocycles. The molecule has 0 spiro atoms. The summed E-state index contributed by atoms with van der Waals surface area (Å²) in [5.74, 6) is 0. The van der Waals surface area contributed by atoms with Gasteiger partial charge in [0.05, 0.1) is 22.1 Å². The molecule has 3 heterocycles. The van der Waals surface area contributed by atoms with Crippen molar-refractivity contribution in [1.82, 2.24) is 9.13 Å². The molecule has 0 radical (unpaired) electrons. The van der Waals surface area contributed by atoms with Gasteiger partial charge in [-0.1, -0.05) is 202 Å². The minimum atomic E-state index is -0.0222. The fraction of sp³-hybridized carbons (Fsp3) is 0.0390. The third-order valence-electron chi connectivity index (χ3n) is 18.3. The molecule has 0 unspecified atom stereocenters. The summed E-state index contributed by atoms with van der Waals surface area (Å²) >= 11 is 0. The summed E-state index contributed by atoms with van der Waals surface area (Å²) in [6.07, 6.45) is 0. The number of aromatic nitrogens is 2. The molecule has 19 rings (SSSR count). The topological polar surface area (TPSA) is 23.0 Å². The number of rotatable bonds is 3. The van der Waals surface area contributed by atoms with Gasteiger partial charge in [0.15, 0.2) is 0 Å². The molecule has 0 amide bonds. The Bertz CT molecular complexity index is 5410. The van der Waals surface area contributed by atoms with Crippen LogP contribution < -0.4 is 0 Å². The number of nitrogens with zero attached hydrogens (tertiary/aromatic N) is 2. The lowest BCUT2D eigenvalue weighted by Gasteiger charge is -2.22. The van der Waals surface area contributed by atoms with Gasteiger partial charge in [-0.05, 0) is 160 Å². The number of furan rings is 1. The van der Waals surface area contributed by atoms with Gasteiger partial charge in [0.1, 0.15) is 11.2 Å². The van der Waals surface area contributed by atoms with Crippen molar-refractivity contribution in [3.05, 3.63) is 266 Å². The van der Waals surface area contributed by atoms with E-state index >= 15 is 0 Å². The number of benzene rings is 13. The van der Waals surface area contributed by atoms with Gasteiger partial charge < -0.3 is 13.6 Å². The standard InChI is InChI=1S/C43H29N.C34H19NO/c1-43(2)36-18-6-5-15-32(36)33-22-20-28(25-37(33)43)27-11-7-12-29(24-27)44-38-19-9-17-35-31-14-4-3-13-30(31)34-16-8-10-26-21-23-39(44)42(40(26)34)41(35)38;1-2-9-23-22(8-1)26-11-5-7-20-15-18-29-34(32(20)26)33-27(23)12-6-13-28(33)35(29)21-16-17-25-24-10-3-4-14-30(24)36-31(25)19-21/h3-25H,1-2H3;1-19H. The molecular weight excluding hydrogens is 969 g/mol. The maximum atomic E-state index is 6.27. The lowest BCUT2D eigenvalue weighted by molar-refractivity contribution is 0.660. The van der Waals surface area contributed by atoms with E-state index in [-0.39, 0.29) is 5.41 Å². The summed E-state index contributed by atoms with van der Waals surface area (Å²) in [5, 5.41) is 12.9. The number of fused-ring (bicyclic) bond motifs is 12. The van der Waals surface area contributed by atoms with Gasteiger partial charge in [0, 0.05) is 55.2 Å². The van der Waals surface area contributed by atoms with Crippen molar-refractivity contribution < 1.29 is 4.42 Å². The van der Waals surface area contributed by atoms with Crippen LogP contribution in [0.4, 0.5) is 0 Å². The number of hydrogen-bond donors (Lipinski definition) is 0. The highest BCUT2D eigenvalue weighted by molar-refractivity contribution is 6.32. The van der Waals surface area contributed by atoms with Crippen LogP contribution in [0.1, 0.15) is 25.0 Å². The van der Waals surface area contributed by atoms with Crippen molar-refractivity contribution in [3.8, 4) is 78.1 Å². The van der Waals surface area contributed by atoms with E-state index in [4.69, 9.17) is 4.42 Å². The van der Waals surface area contributed by atoms with Crippen molar-refractivity contribution in [2.24, 2.45) is 0 Å². The van der Waals surface area contributed by atoms with E-state index in [1.165, 1.54) is 149 Å². The number of hydrogen-bond acceptors (Lipinski definition) is 1. The molecule has 3 aliphatic rings. The lowest BCUT2D eigenvalue weighted by atomic mass is 9.81. The van der Waals surface area contributed by atoms with Crippen molar-refractivity contribution in [2.75, 3.05) is 0 Å². The fourth-order valence-electron chi connectivity index (χ4n) is 14.8. The molecule has 0 bridgehead atoms. The highest BCUT2D eigenvalue weighted by Crippen LogP contribution is 2.53. The van der Waals surface area contributed by atoms with Gasteiger partial charge in [0.2, 0.25) is 0 Å². The Kier molecular flexibility index (Phi) is 8.74. The van der Waals surface area contributed by atoms with Crippen LogP contribution >= 0.6 is 0 Å². The smallest absolute Gasteiger partial charge is 0.137 e. The van der Waals surface area contributed by atoms with Crippen LogP contribution in [0.3, 0.4) is 0 Å². The van der Waals surface area contributed by atoms with Gasteiger partial charge in [-0.3, -0.25) is 0 Å². The maximum Gasteiger partial charge on any atom is 0.137 e. The molecular formula is C77H48N2O. The zero-order chi connectivity index (χ0) is 52.5. The van der Waals surface area contributed by atoms with Crippen LogP contribution in [0.2, 0.25) is 0 Å². The Balaban J connectivity index is 0.000000126. The van der Waals surface area contributed by atoms with E-state index in [1.54, 1.807) is 0 Å². The van der Waals surface area contributed by atoms with Gasteiger partial charge in [-0.2, -0.15) is 0 Å². The summed E-state index contributed by atoms with van der Waals surface area (Å²) in [6.45, 7) is 4.71. The van der Waals surface area contributed by atoms with E-state index in [1.807, 2.05) is 12.1 Å². The van der Waals surface area contributed by atoms with E-state index in [2.05, 4.69) is 266 Å². The van der Waals surface area contributed by atoms with E-state index in [9.17, 15) is 0 Å². The Morgan fingerprint density at radius 1 is 0.275 bits per heavy atom. The molecule has 0 atom stereocenters. The normalized spacial score (nSPS) is 13.2. The second kappa shape index (κ2) is 15.9. The highest BCUT2D eigenvalue weighted by Gasteiger charge is 2.35. The third kappa shape index (κ3) is 5.83. The monoisotopic (exact) mass is 1020 g/mol. The molecule has 3 nitrogen and oxygen atoms in total. The van der Waals surface area contributed by atoms with Crippen LogP contribution in [0.15, 0.2) is 259 Å². The van der Waals surface area contributed by atoms with Crippen molar-refractivity contribution in [2.45, 2.75) is 19.3 Å². The molecule has 3 heteroatoms. The average molecular weight is 1020 g/mol. The van der Waals surface area contributed by atoms with Crippen LogP contribution in [-0.4, -0.2) is 9.13 Å². The van der Waals surface area contributed by atoms with E-state index < -0.39 is 0 Å². The predicted molar refractivity (Wildman–Crippen MR) is 336 cm³/mol. The van der Waals surface area contributed by atoms with Crippen LogP contribution in [-0.2, 0) is 5.41 Å². The zero-order valence-electron chi connectivity index (χ0n) is 44.1. The fourth-order valence-corrected chi connectivity index (χ4v) is 14.8. The minimum Gasteiger partial charge on any atom is -0.456 e. The summed E-state index contributed by atoms with van der Waals surface area (Å²) < 4.78 is 11.2. The van der Waals surface area contributed by atoms with Gasteiger partial charge >= 0.3 is 0 Å². The lowest BCUT2D eigenvalue weighted by Crippen LogP contribution is -2.14. The Hall–Kier alpha value is -10.2. The first-order valence-electron chi connectivity index (χ1n) is 27.9. The van der Waals surface area contributed by atoms with Crippen molar-refractivity contribution in [1.29, 1.82) is 0 Å². The first kappa shape index (κ1) is 43.8. The minimum absolute atomic E-state index is 0.0222. The molecule has 0 saturated heterocycles. The largest absolute Gasteiger partial charge is 0.456 e. The molecule has 16 aromatic rings. The van der Waals surface area contributed by atoms with E-state index in [0.717, 1.165) is 27.6 Å². The maximum absolute atomic E-state index is 6.27. The van der Waals surface area contributed by atoms with Crippen molar-refractivity contribution >= 4 is 87.1 Å². The zero-order valence-corrected chi connectivity index (χ0v) is 44.1.